The van der Waals surface area contributed by atoms with Crippen molar-refractivity contribution < 1.29 is 4.74 Å². The number of aromatic amines is 1. The summed E-state index contributed by atoms with van der Waals surface area (Å²) < 4.78 is 5.35. The number of nitrogens with zero attached hydrogens (tertiary/aromatic N) is 1. The molecule has 3 aromatic carbocycles. The van der Waals surface area contributed by atoms with E-state index in [2.05, 4.69) is 35.4 Å². The standard InChI is InChI=1S/C27H27N3O2S/c1-3-20-11-7-8-12-24(20)29-27(33)30(17-19-9-5-4-6-10-19)18-22-15-21-16-23(32-2)13-14-25(21)28-26(22)31/h4-16H,3,17-18H2,1-2H3,(H,28,31)(H,29,33). The summed E-state index contributed by atoms with van der Waals surface area (Å²) in [5.74, 6) is 0.745. The number of aromatic nitrogens is 1. The molecule has 0 bridgehead atoms. The van der Waals surface area contributed by atoms with Gasteiger partial charge in [0.15, 0.2) is 5.11 Å². The molecule has 0 unspecified atom stereocenters. The van der Waals surface area contributed by atoms with E-state index in [0.717, 1.165) is 34.3 Å². The molecule has 0 aliphatic heterocycles. The van der Waals surface area contributed by atoms with Crippen LogP contribution in [0.3, 0.4) is 0 Å². The first-order valence-electron chi connectivity index (χ1n) is 10.9. The maximum Gasteiger partial charge on any atom is 0.253 e. The molecule has 4 rings (SSSR count). The highest BCUT2D eigenvalue weighted by Crippen LogP contribution is 2.21. The number of anilines is 1. The Bertz CT molecular complexity index is 1320. The number of fused-ring (bicyclic) bond motifs is 1. The Hall–Kier alpha value is -3.64. The first-order chi connectivity index (χ1) is 16.1. The highest BCUT2D eigenvalue weighted by Gasteiger charge is 2.15. The number of rotatable bonds is 7. The summed E-state index contributed by atoms with van der Waals surface area (Å²) >= 11 is 5.82. The zero-order chi connectivity index (χ0) is 23.2. The van der Waals surface area contributed by atoms with E-state index in [4.69, 9.17) is 17.0 Å². The Morgan fingerprint density at radius 3 is 2.48 bits per heavy atom. The highest BCUT2D eigenvalue weighted by atomic mass is 32.1. The zero-order valence-electron chi connectivity index (χ0n) is 18.8. The van der Waals surface area contributed by atoms with Crippen molar-refractivity contribution in [2.45, 2.75) is 26.4 Å². The van der Waals surface area contributed by atoms with Crippen LogP contribution in [0, 0.1) is 0 Å². The second-order valence-corrected chi connectivity index (χ2v) is 8.25. The van der Waals surface area contributed by atoms with Crippen molar-refractivity contribution in [3.05, 3.63) is 106 Å². The fourth-order valence-electron chi connectivity index (χ4n) is 3.83. The van der Waals surface area contributed by atoms with Crippen molar-refractivity contribution in [1.82, 2.24) is 9.88 Å². The summed E-state index contributed by atoms with van der Waals surface area (Å²) in [5, 5.41) is 4.89. The maximum absolute atomic E-state index is 12.9. The first-order valence-corrected chi connectivity index (χ1v) is 11.4. The van der Waals surface area contributed by atoms with E-state index in [1.165, 1.54) is 5.56 Å². The smallest absolute Gasteiger partial charge is 0.253 e. The fourth-order valence-corrected chi connectivity index (χ4v) is 4.07. The maximum atomic E-state index is 12.9. The average molecular weight is 458 g/mol. The molecular weight excluding hydrogens is 430 g/mol. The van der Waals surface area contributed by atoms with E-state index in [0.29, 0.717) is 23.8 Å². The third-order valence-corrected chi connectivity index (χ3v) is 5.99. The van der Waals surface area contributed by atoms with Gasteiger partial charge in [-0.25, -0.2) is 0 Å². The number of hydrogen-bond acceptors (Lipinski definition) is 3. The molecule has 1 heterocycles. The van der Waals surface area contributed by atoms with Gasteiger partial charge in [0.1, 0.15) is 5.75 Å². The molecule has 0 amide bonds. The monoisotopic (exact) mass is 457 g/mol. The number of methoxy groups -OCH3 is 1. The van der Waals surface area contributed by atoms with Crippen LogP contribution in [-0.2, 0) is 19.5 Å². The largest absolute Gasteiger partial charge is 0.497 e. The number of ether oxygens (including phenoxy) is 1. The highest BCUT2D eigenvalue weighted by molar-refractivity contribution is 7.80. The summed E-state index contributed by atoms with van der Waals surface area (Å²) in [6, 6.07) is 25.8. The molecule has 168 valence electrons. The van der Waals surface area contributed by atoms with Crippen LogP contribution in [-0.4, -0.2) is 22.1 Å². The lowest BCUT2D eigenvalue weighted by molar-refractivity contribution is 0.411. The second kappa shape index (κ2) is 10.3. The third-order valence-electron chi connectivity index (χ3n) is 5.63. The van der Waals surface area contributed by atoms with E-state index in [-0.39, 0.29) is 5.56 Å². The molecule has 0 aliphatic carbocycles. The minimum atomic E-state index is -0.123. The minimum absolute atomic E-state index is 0.123. The van der Waals surface area contributed by atoms with E-state index in [1.54, 1.807) is 7.11 Å². The van der Waals surface area contributed by atoms with Crippen LogP contribution < -0.4 is 15.6 Å². The van der Waals surface area contributed by atoms with Gasteiger partial charge in [0.05, 0.1) is 13.7 Å². The van der Waals surface area contributed by atoms with Crippen molar-refractivity contribution in [3.8, 4) is 5.75 Å². The molecule has 5 nitrogen and oxygen atoms in total. The topological polar surface area (TPSA) is 57.4 Å². The first kappa shape index (κ1) is 22.6. The Balaban J connectivity index is 1.66. The molecule has 0 atom stereocenters. The number of hydrogen-bond donors (Lipinski definition) is 2. The van der Waals surface area contributed by atoms with Crippen molar-refractivity contribution in [2.75, 3.05) is 12.4 Å². The number of benzene rings is 3. The SMILES string of the molecule is CCc1ccccc1NC(=S)N(Cc1ccccc1)Cc1cc2cc(OC)ccc2[nH]c1=O. The molecule has 0 saturated heterocycles. The van der Waals surface area contributed by atoms with Gasteiger partial charge in [-0.2, -0.15) is 0 Å². The molecular formula is C27H27N3O2S. The molecule has 6 heteroatoms. The van der Waals surface area contributed by atoms with Gasteiger partial charge in [-0.3, -0.25) is 4.79 Å². The van der Waals surface area contributed by atoms with Crippen LogP contribution in [0.1, 0.15) is 23.6 Å². The lowest BCUT2D eigenvalue weighted by atomic mass is 10.1. The van der Waals surface area contributed by atoms with Crippen LogP contribution in [0.5, 0.6) is 5.75 Å². The number of H-pyrrole nitrogens is 1. The fraction of sp³-hybridized carbons (Fsp3) is 0.185. The summed E-state index contributed by atoms with van der Waals surface area (Å²) in [6.07, 6.45) is 0.899. The molecule has 0 aliphatic rings. The normalized spacial score (nSPS) is 10.7. The van der Waals surface area contributed by atoms with E-state index in [9.17, 15) is 4.79 Å². The third kappa shape index (κ3) is 5.41. The van der Waals surface area contributed by atoms with Gasteiger partial charge in [-0.05, 0) is 60.1 Å². The molecule has 0 spiro atoms. The number of aryl methyl sites for hydroxylation is 1. The van der Waals surface area contributed by atoms with Gasteiger partial charge in [-0.15, -0.1) is 0 Å². The number of nitrogens with one attached hydrogen (secondary N) is 2. The van der Waals surface area contributed by atoms with E-state index < -0.39 is 0 Å². The van der Waals surface area contributed by atoms with Crippen molar-refractivity contribution >= 4 is 33.9 Å². The number of pyridine rings is 1. The van der Waals surface area contributed by atoms with Crippen LogP contribution >= 0.6 is 12.2 Å². The van der Waals surface area contributed by atoms with Crippen LogP contribution in [0.2, 0.25) is 0 Å². The molecule has 33 heavy (non-hydrogen) atoms. The van der Waals surface area contributed by atoms with Crippen LogP contribution in [0.25, 0.3) is 10.9 Å². The quantitative estimate of drug-likeness (QED) is 0.359. The number of para-hydroxylation sites is 1. The molecule has 0 fully saturated rings. The van der Waals surface area contributed by atoms with Gasteiger partial charge < -0.3 is 19.9 Å². The van der Waals surface area contributed by atoms with E-state index >= 15 is 0 Å². The van der Waals surface area contributed by atoms with E-state index in [1.807, 2.05) is 65.6 Å². The van der Waals surface area contributed by atoms with Crippen molar-refractivity contribution in [2.24, 2.45) is 0 Å². The van der Waals surface area contributed by atoms with Gasteiger partial charge >= 0.3 is 0 Å². The molecule has 1 aromatic heterocycles. The van der Waals surface area contributed by atoms with Crippen molar-refractivity contribution in [1.29, 1.82) is 0 Å². The lowest BCUT2D eigenvalue weighted by Gasteiger charge is -2.27. The van der Waals surface area contributed by atoms with Gasteiger partial charge in [0.25, 0.3) is 5.56 Å². The zero-order valence-corrected chi connectivity index (χ0v) is 19.6. The van der Waals surface area contributed by atoms with Gasteiger partial charge in [0, 0.05) is 28.7 Å². The predicted octanol–water partition coefficient (Wildman–Crippen LogP) is 5.50. The summed E-state index contributed by atoms with van der Waals surface area (Å²) in [5.41, 5.74) is 4.58. The van der Waals surface area contributed by atoms with Gasteiger partial charge in [0.2, 0.25) is 0 Å². The number of thiocarbonyl (C=S) groups is 1. The Kier molecular flexibility index (Phi) is 7.05. The van der Waals surface area contributed by atoms with Gasteiger partial charge in [-0.1, -0.05) is 55.5 Å². The Labute approximate surface area is 199 Å². The average Bonchev–Trinajstić information content (AvgIpc) is 2.84. The van der Waals surface area contributed by atoms with Crippen LogP contribution in [0.4, 0.5) is 5.69 Å². The Morgan fingerprint density at radius 1 is 0.970 bits per heavy atom. The Morgan fingerprint density at radius 2 is 1.73 bits per heavy atom. The minimum Gasteiger partial charge on any atom is -0.497 e. The van der Waals surface area contributed by atoms with Crippen LogP contribution in [0.15, 0.2) is 83.7 Å². The summed E-state index contributed by atoms with van der Waals surface area (Å²) in [6.45, 7) is 3.07. The molecule has 0 saturated carbocycles. The summed E-state index contributed by atoms with van der Waals surface area (Å²) in [7, 11) is 1.63. The predicted molar refractivity (Wildman–Crippen MR) is 139 cm³/mol. The molecule has 2 N–H and O–H groups in total. The lowest BCUT2D eigenvalue weighted by Crippen LogP contribution is -2.35. The molecule has 0 radical (unpaired) electrons. The van der Waals surface area contributed by atoms with Crippen molar-refractivity contribution in [3.63, 3.8) is 0 Å². The molecule has 4 aromatic rings. The second-order valence-electron chi connectivity index (χ2n) is 7.86. The summed E-state index contributed by atoms with van der Waals surface area (Å²) in [4.78, 5) is 17.9.